The van der Waals surface area contributed by atoms with Crippen LogP contribution in [-0.2, 0) is 25.7 Å². The number of carbonyl (C=O) groups excluding carboxylic acids is 2. The van der Waals surface area contributed by atoms with Crippen molar-refractivity contribution in [1.82, 2.24) is 4.57 Å². The molecule has 250 valence electrons. The molecule has 1 atom stereocenters. The maximum absolute atomic E-state index is 14.2. The number of carbonyl (C=O) groups is 2. The first kappa shape index (κ1) is 34.7. The average molecular weight is 712 g/mol. The number of esters is 2. The van der Waals surface area contributed by atoms with E-state index in [1.807, 2.05) is 30.3 Å². The monoisotopic (exact) mass is 710 g/mol. The van der Waals surface area contributed by atoms with Crippen LogP contribution >= 0.6 is 34.5 Å². The van der Waals surface area contributed by atoms with Crippen molar-refractivity contribution in [2.45, 2.75) is 33.4 Å². The second kappa shape index (κ2) is 15.5. The summed E-state index contributed by atoms with van der Waals surface area (Å²) in [5.41, 5.74) is 2.33. The minimum Gasteiger partial charge on any atom is -0.490 e. The largest absolute Gasteiger partial charge is 0.490 e. The Morgan fingerprint density at radius 3 is 2.46 bits per heavy atom. The molecule has 2 heterocycles. The number of para-hydroxylation sites is 1. The Morgan fingerprint density at radius 2 is 1.73 bits per heavy atom. The predicted molar refractivity (Wildman–Crippen MR) is 183 cm³/mol. The fraction of sp³-hybridized carbons (Fsp3) is 0.257. The molecule has 0 radical (unpaired) electrons. The van der Waals surface area contributed by atoms with Crippen LogP contribution in [0.25, 0.3) is 6.08 Å². The molecule has 10 nitrogen and oxygen atoms in total. The third-order valence-corrected chi connectivity index (χ3v) is 8.98. The van der Waals surface area contributed by atoms with E-state index in [-0.39, 0.29) is 31.0 Å². The van der Waals surface area contributed by atoms with Gasteiger partial charge in [-0.1, -0.05) is 64.9 Å². The van der Waals surface area contributed by atoms with E-state index in [4.69, 9.17) is 42.1 Å². The van der Waals surface area contributed by atoms with Crippen molar-refractivity contribution in [3.63, 3.8) is 0 Å². The number of thiazole rings is 1. The van der Waals surface area contributed by atoms with E-state index in [1.165, 1.54) is 23.0 Å². The summed E-state index contributed by atoms with van der Waals surface area (Å²) in [7, 11) is 1.27. The molecule has 0 N–H and O–H groups in total. The molecule has 0 saturated heterocycles. The molecule has 0 fully saturated rings. The van der Waals surface area contributed by atoms with Crippen molar-refractivity contribution < 1.29 is 33.3 Å². The molecule has 0 aliphatic carbocycles. The summed E-state index contributed by atoms with van der Waals surface area (Å²) in [6, 6.07) is 16.7. The van der Waals surface area contributed by atoms with Gasteiger partial charge >= 0.3 is 11.9 Å². The van der Waals surface area contributed by atoms with Gasteiger partial charge in [0.2, 0.25) is 0 Å². The van der Waals surface area contributed by atoms with Crippen LogP contribution in [0.2, 0.25) is 10.0 Å². The summed E-state index contributed by atoms with van der Waals surface area (Å²) >= 11 is 13.4. The number of hydrogen-bond acceptors (Lipinski definition) is 10. The number of hydrogen-bond donors (Lipinski definition) is 0. The summed E-state index contributed by atoms with van der Waals surface area (Å²) in [6.45, 7) is 5.56. The molecule has 3 aromatic carbocycles. The molecule has 0 saturated carbocycles. The molecule has 0 spiro atoms. The van der Waals surface area contributed by atoms with Gasteiger partial charge in [0.15, 0.2) is 22.9 Å². The van der Waals surface area contributed by atoms with E-state index in [9.17, 15) is 14.4 Å². The van der Waals surface area contributed by atoms with E-state index in [0.29, 0.717) is 60.1 Å². The number of allylic oxidation sites excluding steroid dienone is 1. The van der Waals surface area contributed by atoms with Crippen LogP contribution in [0.3, 0.4) is 0 Å². The normalized spacial score (nSPS) is 14.2. The first-order valence-corrected chi connectivity index (χ1v) is 16.5. The molecule has 48 heavy (non-hydrogen) atoms. The summed E-state index contributed by atoms with van der Waals surface area (Å²) in [6.07, 6.45) is 1.74. The van der Waals surface area contributed by atoms with Crippen molar-refractivity contribution in [2.75, 3.05) is 26.9 Å². The van der Waals surface area contributed by atoms with Crippen LogP contribution < -0.4 is 29.1 Å². The maximum atomic E-state index is 14.2. The lowest BCUT2D eigenvalue weighted by molar-refractivity contribution is -0.143. The lowest BCUT2D eigenvalue weighted by atomic mass is 9.95. The summed E-state index contributed by atoms with van der Waals surface area (Å²) in [5.74, 6) is 0.0284. The summed E-state index contributed by atoms with van der Waals surface area (Å²) < 4.78 is 29.6. The molecular formula is C35H32Cl2N2O8S. The smallest absolute Gasteiger partial charge is 0.343 e. The van der Waals surface area contributed by atoms with Gasteiger partial charge in [-0.3, -0.25) is 9.36 Å². The average Bonchev–Trinajstić information content (AvgIpc) is 3.38. The molecule has 1 aliphatic heterocycles. The van der Waals surface area contributed by atoms with Crippen LogP contribution in [0.1, 0.15) is 43.5 Å². The Morgan fingerprint density at radius 1 is 0.938 bits per heavy atom. The fourth-order valence-electron chi connectivity index (χ4n) is 5.05. The molecule has 1 aliphatic rings. The molecule has 4 aromatic rings. The molecule has 5 rings (SSSR count). The van der Waals surface area contributed by atoms with Gasteiger partial charge in [0.25, 0.3) is 5.56 Å². The van der Waals surface area contributed by atoms with E-state index in [2.05, 4.69) is 9.73 Å². The van der Waals surface area contributed by atoms with Gasteiger partial charge in [-0.05, 0) is 68.3 Å². The van der Waals surface area contributed by atoms with E-state index in [0.717, 1.165) is 5.56 Å². The Kier molecular flexibility index (Phi) is 11.3. The SMILES string of the molecule is CCOC(=O)C1=C(C)N=c2s/c(=C\c3ccccc3OCc3ccc(Cl)c(Cl)c3)c(=O)n2[C@@H]1c1ccc(OCC(=O)OC)c(OCC)c1. The Labute approximate surface area is 290 Å². The summed E-state index contributed by atoms with van der Waals surface area (Å²) in [4.78, 5) is 44.4. The van der Waals surface area contributed by atoms with Crippen molar-refractivity contribution in [1.29, 1.82) is 0 Å². The lowest BCUT2D eigenvalue weighted by Crippen LogP contribution is -2.40. The highest BCUT2D eigenvalue weighted by atomic mass is 35.5. The topological polar surface area (TPSA) is 115 Å². The van der Waals surface area contributed by atoms with Gasteiger partial charge in [-0.15, -0.1) is 0 Å². The molecule has 0 unspecified atom stereocenters. The fourth-order valence-corrected chi connectivity index (χ4v) is 6.41. The van der Waals surface area contributed by atoms with Crippen LogP contribution in [-0.4, -0.2) is 43.4 Å². The maximum Gasteiger partial charge on any atom is 0.343 e. The number of aromatic nitrogens is 1. The van der Waals surface area contributed by atoms with E-state index >= 15 is 0 Å². The van der Waals surface area contributed by atoms with Crippen molar-refractivity contribution in [3.8, 4) is 17.2 Å². The van der Waals surface area contributed by atoms with Gasteiger partial charge in [0, 0.05) is 5.56 Å². The zero-order valence-corrected chi connectivity index (χ0v) is 28.9. The highest BCUT2D eigenvalue weighted by Crippen LogP contribution is 2.36. The van der Waals surface area contributed by atoms with Gasteiger partial charge in [0.05, 0.1) is 52.2 Å². The number of ether oxygens (including phenoxy) is 5. The predicted octanol–water partition coefficient (Wildman–Crippen LogP) is 5.63. The second-order valence-corrected chi connectivity index (χ2v) is 12.2. The second-order valence-electron chi connectivity index (χ2n) is 10.4. The number of benzene rings is 3. The van der Waals surface area contributed by atoms with Gasteiger partial charge in [-0.2, -0.15) is 0 Å². The Bertz CT molecular complexity index is 2070. The van der Waals surface area contributed by atoms with Gasteiger partial charge < -0.3 is 23.7 Å². The molecule has 0 amide bonds. The Hall–Kier alpha value is -4.58. The van der Waals surface area contributed by atoms with Crippen molar-refractivity contribution >= 4 is 52.6 Å². The van der Waals surface area contributed by atoms with E-state index < -0.39 is 18.0 Å². The molecular weight excluding hydrogens is 679 g/mol. The first-order valence-electron chi connectivity index (χ1n) is 15.0. The van der Waals surface area contributed by atoms with Crippen LogP contribution in [0.5, 0.6) is 17.2 Å². The zero-order valence-electron chi connectivity index (χ0n) is 26.6. The van der Waals surface area contributed by atoms with Gasteiger partial charge in [0.1, 0.15) is 12.4 Å². The highest BCUT2D eigenvalue weighted by molar-refractivity contribution is 7.07. The van der Waals surface area contributed by atoms with E-state index in [1.54, 1.807) is 57.2 Å². The molecule has 1 aromatic heterocycles. The van der Waals surface area contributed by atoms with Crippen molar-refractivity contribution in [2.24, 2.45) is 4.99 Å². The van der Waals surface area contributed by atoms with Crippen LogP contribution in [0.4, 0.5) is 0 Å². The van der Waals surface area contributed by atoms with Gasteiger partial charge in [-0.25, -0.2) is 14.6 Å². The minimum atomic E-state index is -0.891. The number of methoxy groups -OCH3 is 1. The number of rotatable bonds is 12. The first-order chi connectivity index (χ1) is 23.1. The highest BCUT2D eigenvalue weighted by Gasteiger charge is 2.34. The third-order valence-electron chi connectivity index (χ3n) is 7.26. The zero-order chi connectivity index (χ0) is 34.4. The summed E-state index contributed by atoms with van der Waals surface area (Å²) in [5, 5.41) is 0.878. The van der Waals surface area contributed by atoms with Crippen LogP contribution in [0.15, 0.2) is 81.7 Å². The third kappa shape index (κ3) is 7.59. The van der Waals surface area contributed by atoms with Crippen LogP contribution in [0, 0.1) is 0 Å². The lowest BCUT2D eigenvalue weighted by Gasteiger charge is -2.25. The number of halogens is 2. The Balaban J connectivity index is 1.59. The quantitative estimate of drug-likeness (QED) is 0.174. The minimum absolute atomic E-state index is 0.135. The number of nitrogens with zero attached hydrogens (tertiary/aromatic N) is 2. The number of fused-ring (bicyclic) bond motifs is 1. The standard InChI is InChI=1S/C35H32Cl2N2O8S/c1-5-44-28-16-23(12-14-27(28)47-19-30(40)43-4)32-31(34(42)45-6-2)20(3)38-35-39(32)33(41)29(48-35)17-22-9-7-8-10-26(22)46-18-21-11-13-24(36)25(37)15-21/h7-17,32H,5-6,18-19H2,1-4H3/b29-17-/t32-/m1/s1. The molecule has 13 heteroatoms. The molecule has 0 bridgehead atoms. The van der Waals surface area contributed by atoms with Crippen molar-refractivity contribution in [3.05, 3.63) is 118 Å².